The minimum absolute atomic E-state index is 0.181. The van der Waals surface area contributed by atoms with Crippen LogP contribution in [0.3, 0.4) is 0 Å². The molecule has 2 aromatic rings. The molecule has 7 heteroatoms. The highest BCUT2D eigenvalue weighted by atomic mass is 32.2. The smallest absolute Gasteiger partial charge is 0.222 e. The normalized spacial score (nSPS) is 14.3. The quantitative estimate of drug-likeness (QED) is 0.655. The van der Waals surface area contributed by atoms with Crippen LogP contribution in [0, 0.1) is 12.7 Å². The molecule has 0 radical (unpaired) electrons. The van der Waals surface area contributed by atoms with Crippen molar-refractivity contribution < 1.29 is 9.18 Å². The molecule has 0 aliphatic carbocycles. The first-order chi connectivity index (χ1) is 13.9. The van der Waals surface area contributed by atoms with E-state index in [4.69, 9.17) is 0 Å². The highest BCUT2D eigenvalue weighted by molar-refractivity contribution is 8.03. The predicted octanol–water partition coefficient (Wildman–Crippen LogP) is 5.24. The van der Waals surface area contributed by atoms with E-state index < -0.39 is 0 Å². The molecule has 1 N–H and O–H groups in total. The number of aromatic nitrogens is 2. The van der Waals surface area contributed by atoms with Crippen molar-refractivity contribution >= 4 is 29.2 Å². The van der Waals surface area contributed by atoms with Crippen LogP contribution < -0.4 is 5.32 Å². The second-order valence-electron chi connectivity index (χ2n) is 7.16. The molecule has 1 aromatic heterocycles. The largest absolute Gasteiger partial charge is 0.340 e. The fourth-order valence-corrected chi connectivity index (χ4v) is 4.30. The number of halogens is 1. The topological polar surface area (TPSA) is 58.1 Å². The van der Waals surface area contributed by atoms with Crippen LogP contribution in [0.4, 0.5) is 15.9 Å². The van der Waals surface area contributed by atoms with Crippen molar-refractivity contribution in [3.05, 3.63) is 51.9 Å². The monoisotopic (exact) mass is 414 g/mol. The number of nitrogens with one attached hydrogen (secondary N) is 1. The van der Waals surface area contributed by atoms with Gasteiger partial charge in [0.2, 0.25) is 5.91 Å². The predicted molar refractivity (Wildman–Crippen MR) is 116 cm³/mol. The zero-order chi connectivity index (χ0) is 21.0. The van der Waals surface area contributed by atoms with Gasteiger partial charge in [-0.2, -0.15) is 0 Å². The summed E-state index contributed by atoms with van der Waals surface area (Å²) in [7, 11) is 0. The van der Waals surface area contributed by atoms with Gasteiger partial charge in [-0.3, -0.25) is 4.79 Å². The molecule has 1 aromatic carbocycles. The number of nitrogens with zero attached hydrogens (tertiary/aromatic N) is 3. The number of carbonyl (C=O) groups excluding carboxylic acids is 1. The maximum absolute atomic E-state index is 13.8. The van der Waals surface area contributed by atoms with Gasteiger partial charge in [0.05, 0.1) is 6.54 Å². The molecule has 0 saturated carbocycles. The van der Waals surface area contributed by atoms with E-state index >= 15 is 0 Å². The van der Waals surface area contributed by atoms with Crippen molar-refractivity contribution in [2.75, 3.05) is 18.4 Å². The number of aryl methyl sites for hydroxylation is 1. The lowest BCUT2D eigenvalue weighted by Crippen LogP contribution is -2.35. The van der Waals surface area contributed by atoms with Crippen molar-refractivity contribution in [1.29, 1.82) is 0 Å². The lowest BCUT2D eigenvalue weighted by Gasteiger charge is -2.29. The maximum atomic E-state index is 13.8. The van der Waals surface area contributed by atoms with Gasteiger partial charge in [-0.1, -0.05) is 31.2 Å². The SMILES string of the molecule is CCC(=O)N1CCC(C)=C(Sc2ncnc(Nc3ccc(F)c(CC)c3)c2C)C1. The first-order valence-electron chi connectivity index (χ1n) is 9.94. The molecule has 0 unspecified atom stereocenters. The molecule has 1 amide bonds. The minimum atomic E-state index is -0.195. The number of thioether (sulfide) groups is 1. The van der Waals surface area contributed by atoms with Crippen molar-refractivity contribution in [3.63, 3.8) is 0 Å². The molecule has 0 saturated heterocycles. The second-order valence-corrected chi connectivity index (χ2v) is 8.25. The Kier molecular flexibility index (Phi) is 6.90. The standard InChI is InChI=1S/C22H27FN4OS/c1-5-16-11-17(7-8-18(16)23)26-21-15(4)22(25-13-24-21)29-19-12-27(20(28)6-2)10-9-14(19)3/h7-8,11,13H,5-6,9-10,12H2,1-4H3,(H,24,25,26). The van der Waals surface area contributed by atoms with E-state index in [1.54, 1.807) is 17.8 Å². The lowest BCUT2D eigenvalue weighted by atomic mass is 10.1. The van der Waals surface area contributed by atoms with Gasteiger partial charge in [-0.15, -0.1) is 0 Å². The summed E-state index contributed by atoms with van der Waals surface area (Å²) < 4.78 is 13.8. The van der Waals surface area contributed by atoms with Crippen LogP contribution in [0.2, 0.25) is 0 Å². The summed E-state index contributed by atoms with van der Waals surface area (Å²) in [5.74, 6) is 0.687. The molecular weight excluding hydrogens is 387 g/mol. The third kappa shape index (κ3) is 4.96. The Hall–Kier alpha value is -2.41. The molecule has 29 heavy (non-hydrogen) atoms. The fourth-order valence-electron chi connectivity index (χ4n) is 3.23. The summed E-state index contributed by atoms with van der Waals surface area (Å²) in [5, 5.41) is 4.15. The zero-order valence-electron chi connectivity index (χ0n) is 17.4. The first-order valence-corrected chi connectivity index (χ1v) is 10.8. The molecule has 0 spiro atoms. The van der Waals surface area contributed by atoms with E-state index in [0.29, 0.717) is 30.8 Å². The lowest BCUT2D eigenvalue weighted by molar-refractivity contribution is -0.130. The Morgan fingerprint density at radius 1 is 1.28 bits per heavy atom. The van der Waals surface area contributed by atoms with E-state index in [9.17, 15) is 9.18 Å². The molecule has 1 aliphatic rings. The second kappa shape index (κ2) is 9.39. The van der Waals surface area contributed by atoms with Crippen LogP contribution in [-0.2, 0) is 11.2 Å². The number of hydrogen-bond acceptors (Lipinski definition) is 5. The molecule has 2 heterocycles. The summed E-state index contributed by atoms with van der Waals surface area (Å²) in [5.41, 5.74) is 3.70. The number of hydrogen-bond donors (Lipinski definition) is 1. The van der Waals surface area contributed by atoms with Crippen molar-refractivity contribution in [2.24, 2.45) is 0 Å². The Morgan fingerprint density at radius 2 is 2.07 bits per heavy atom. The van der Waals surface area contributed by atoms with Gasteiger partial charge in [0.1, 0.15) is 23.0 Å². The molecule has 154 valence electrons. The molecule has 0 fully saturated rings. The van der Waals surface area contributed by atoms with Gasteiger partial charge >= 0.3 is 0 Å². The maximum Gasteiger partial charge on any atom is 0.222 e. The van der Waals surface area contributed by atoms with Crippen LogP contribution in [0.15, 0.2) is 40.0 Å². The third-order valence-corrected chi connectivity index (χ3v) is 6.50. The number of amides is 1. The average Bonchev–Trinajstić information content (AvgIpc) is 2.73. The summed E-state index contributed by atoms with van der Waals surface area (Å²) in [4.78, 5) is 24.0. The highest BCUT2D eigenvalue weighted by Gasteiger charge is 2.22. The Labute approximate surface area is 175 Å². The van der Waals surface area contributed by atoms with Crippen molar-refractivity contribution in [2.45, 2.75) is 52.0 Å². The molecule has 5 nitrogen and oxygen atoms in total. The van der Waals surface area contributed by atoms with Gasteiger partial charge in [0.25, 0.3) is 0 Å². The Morgan fingerprint density at radius 3 is 2.79 bits per heavy atom. The molecule has 0 bridgehead atoms. The van der Waals surface area contributed by atoms with Crippen molar-refractivity contribution in [3.8, 4) is 0 Å². The number of carbonyl (C=O) groups is 1. The van der Waals surface area contributed by atoms with E-state index in [2.05, 4.69) is 22.2 Å². The first kappa shape index (κ1) is 21.3. The van der Waals surface area contributed by atoms with Gasteiger partial charge < -0.3 is 10.2 Å². The van der Waals surface area contributed by atoms with Crippen LogP contribution in [0.5, 0.6) is 0 Å². The number of benzene rings is 1. The van der Waals surface area contributed by atoms with Gasteiger partial charge in [-0.25, -0.2) is 14.4 Å². The molecule has 3 rings (SSSR count). The van der Waals surface area contributed by atoms with Gasteiger partial charge in [0, 0.05) is 29.1 Å². The summed E-state index contributed by atoms with van der Waals surface area (Å²) in [6, 6.07) is 5.00. The highest BCUT2D eigenvalue weighted by Crippen LogP contribution is 2.35. The third-order valence-electron chi connectivity index (χ3n) is 5.17. The van der Waals surface area contributed by atoms with Crippen LogP contribution in [0.1, 0.15) is 44.7 Å². The van der Waals surface area contributed by atoms with E-state index in [1.165, 1.54) is 22.9 Å². The van der Waals surface area contributed by atoms with E-state index in [0.717, 1.165) is 29.2 Å². The van der Waals surface area contributed by atoms with E-state index in [-0.39, 0.29) is 11.7 Å². The molecule has 0 atom stereocenters. The molecular formula is C22H27FN4OS. The molecule has 1 aliphatic heterocycles. The number of rotatable bonds is 6. The van der Waals surface area contributed by atoms with Crippen LogP contribution >= 0.6 is 11.8 Å². The average molecular weight is 415 g/mol. The van der Waals surface area contributed by atoms with E-state index in [1.807, 2.05) is 31.7 Å². The van der Waals surface area contributed by atoms with Gasteiger partial charge in [0.15, 0.2) is 0 Å². The van der Waals surface area contributed by atoms with Crippen LogP contribution in [0.25, 0.3) is 0 Å². The Bertz CT molecular complexity index is 944. The minimum Gasteiger partial charge on any atom is -0.340 e. The van der Waals surface area contributed by atoms with Crippen molar-refractivity contribution in [1.82, 2.24) is 14.9 Å². The van der Waals surface area contributed by atoms with Gasteiger partial charge in [-0.05, 0) is 50.5 Å². The number of anilines is 2. The van der Waals surface area contributed by atoms with Crippen LogP contribution in [-0.4, -0.2) is 33.9 Å². The Balaban J connectivity index is 1.81. The zero-order valence-corrected chi connectivity index (χ0v) is 18.2. The summed E-state index contributed by atoms with van der Waals surface area (Å²) in [6.45, 7) is 9.33. The fraction of sp³-hybridized carbons (Fsp3) is 0.409. The summed E-state index contributed by atoms with van der Waals surface area (Å²) in [6.07, 6.45) is 3.58. The summed E-state index contributed by atoms with van der Waals surface area (Å²) >= 11 is 1.60.